The van der Waals surface area contributed by atoms with Gasteiger partial charge in [0.2, 0.25) is 5.91 Å². The Kier molecular flexibility index (Phi) is 3.77. The number of rotatable bonds is 3. The molecule has 0 N–H and O–H groups in total. The number of hydrogen-bond acceptors (Lipinski definition) is 2. The van der Waals surface area contributed by atoms with E-state index in [1.54, 1.807) is 6.26 Å². The number of fused-ring (bicyclic) bond motifs is 1. The smallest absolute Gasteiger partial charge is 0.227 e. The van der Waals surface area contributed by atoms with Gasteiger partial charge >= 0.3 is 0 Å². The Morgan fingerprint density at radius 2 is 2.05 bits per heavy atom. The van der Waals surface area contributed by atoms with E-state index in [4.69, 9.17) is 4.42 Å². The number of aryl methyl sites for hydroxylation is 1. The topological polar surface area (TPSA) is 33.5 Å². The van der Waals surface area contributed by atoms with Crippen LogP contribution in [-0.2, 0) is 17.6 Å². The second-order valence-electron chi connectivity index (χ2n) is 5.56. The zero-order valence-corrected chi connectivity index (χ0v) is 12.0. The van der Waals surface area contributed by atoms with Crippen LogP contribution in [-0.4, -0.2) is 23.9 Å². The highest BCUT2D eigenvalue weighted by Crippen LogP contribution is 2.24. The summed E-state index contributed by atoms with van der Waals surface area (Å²) in [4.78, 5) is 14.3. The first kappa shape index (κ1) is 13.2. The summed E-state index contributed by atoms with van der Waals surface area (Å²) in [6, 6.07) is 6.24. The van der Waals surface area contributed by atoms with Crippen molar-refractivity contribution in [3.63, 3.8) is 0 Å². The van der Waals surface area contributed by atoms with E-state index in [1.807, 2.05) is 11.0 Å². The Hall–Kier alpha value is -1.77. The summed E-state index contributed by atoms with van der Waals surface area (Å²) >= 11 is 0. The van der Waals surface area contributed by atoms with Gasteiger partial charge in [0, 0.05) is 24.0 Å². The molecule has 1 amide bonds. The van der Waals surface area contributed by atoms with Gasteiger partial charge < -0.3 is 9.32 Å². The summed E-state index contributed by atoms with van der Waals surface area (Å²) in [5.74, 6) is 0.231. The molecule has 1 aromatic heterocycles. The number of nitrogens with zero attached hydrogens (tertiary/aromatic N) is 1. The van der Waals surface area contributed by atoms with Crippen LogP contribution in [0.5, 0.6) is 0 Å². The van der Waals surface area contributed by atoms with Gasteiger partial charge in [-0.25, -0.2) is 0 Å². The minimum absolute atomic E-state index is 0.231. The van der Waals surface area contributed by atoms with Crippen molar-refractivity contribution in [2.75, 3.05) is 13.1 Å². The van der Waals surface area contributed by atoms with E-state index in [0.29, 0.717) is 6.42 Å². The minimum Gasteiger partial charge on any atom is -0.464 e. The molecule has 0 saturated carbocycles. The van der Waals surface area contributed by atoms with Gasteiger partial charge in [-0.05, 0) is 43.4 Å². The molecule has 1 aliphatic rings. The molecule has 0 spiro atoms. The average molecular weight is 271 g/mol. The molecule has 0 aliphatic carbocycles. The first-order chi connectivity index (χ1) is 9.78. The number of piperidine rings is 1. The van der Waals surface area contributed by atoms with Crippen LogP contribution in [0.3, 0.4) is 0 Å². The highest BCUT2D eigenvalue weighted by atomic mass is 16.3. The van der Waals surface area contributed by atoms with E-state index in [2.05, 4.69) is 19.1 Å². The van der Waals surface area contributed by atoms with Gasteiger partial charge in [-0.3, -0.25) is 4.79 Å². The van der Waals surface area contributed by atoms with E-state index >= 15 is 0 Å². The van der Waals surface area contributed by atoms with Crippen molar-refractivity contribution in [3.05, 3.63) is 35.6 Å². The van der Waals surface area contributed by atoms with E-state index in [9.17, 15) is 4.79 Å². The van der Waals surface area contributed by atoms with Crippen LogP contribution in [0.2, 0.25) is 0 Å². The second-order valence-corrected chi connectivity index (χ2v) is 5.56. The molecule has 20 heavy (non-hydrogen) atoms. The molecule has 0 unspecified atom stereocenters. The summed E-state index contributed by atoms with van der Waals surface area (Å²) in [7, 11) is 0. The van der Waals surface area contributed by atoms with Crippen molar-refractivity contribution in [1.29, 1.82) is 0 Å². The summed E-state index contributed by atoms with van der Waals surface area (Å²) in [5, 5.41) is 1.09. The van der Waals surface area contributed by atoms with Crippen LogP contribution >= 0.6 is 0 Å². The highest BCUT2D eigenvalue weighted by molar-refractivity contribution is 5.88. The van der Waals surface area contributed by atoms with Gasteiger partial charge in [0.15, 0.2) is 0 Å². The normalized spacial score (nSPS) is 15.8. The SMILES string of the molecule is CCc1ccc2occ(CC(=O)N3CCCCC3)c2c1. The Morgan fingerprint density at radius 1 is 1.25 bits per heavy atom. The van der Waals surface area contributed by atoms with Crippen LogP contribution in [0.1, 0.15) is 37.3 Å². The molecule has 1 fully saturated rings. The monoisotopic (exact) mass is 271 g/mol. The second kappa shape index (κ2) is 5.70. The fourth-order valence-corrected chi connectivity index (χ4v) is 2.90. The number of likely N-dealkylation sites (tertiary alicyclic amines) is 1. The number of carbonyl (C=O) groups excluding carboxylic acids is 1. The molecular formula is C17H21NO2. The van der Waals surface area contributed by atoms with Crippen molar-refractivity contribution in [1.82, 2.24) is 4.90 Å². The molecular weight excluding hydrogens is 250 g/mol. The Morgan fingerprint density at radius 3 is 2.80 bits per heavy atom. The molecule has 0 radical (unpaired) electrons. The van der Waals surface area contributed by atoms with Crippen molar-refractivity contribution in [3.8, 4) is 0 Å². The Bertz CT molecular complexity index is 608. The predicted octanol–water partition coefficient (Wildman–Crippen LogP) is 3.55. The molecule has 3 nitrogen and oxygen atoms in total. The Labute approximate surface area is 119 Å². The number of carbonyl (C=O) groups is 1. The van der Waals surface area contributed by atoms with Crippen molar-refractivity contribution >= 4 is 16.9 Å². The lowest BCUT2D eigenvalue weighted by Gasteiger charge is -2.26. The van der Waals surface area contributed by atoms with Gasteiger partial charge in [-0.15, -0.1) is 0 Å². The molecule has 0 atom stereocenters. The van der Waals surface area contributed by atoms with Gasteiger partial charge in [-0.1, -0.05) is 13.0 Å². The van der Waals surface area contributed by atoms with Crippen LogP contribution in [0.4, 0.5) is 0 Å². The van der Waals surface area contributed by atoms with E-state index in [-0.39, 0.29) is 5.91 Å². The largest absolute Gasteiger partial charge is 0.464 e. The zero-order valence-electron chi connectivity index (χ0n) is 12.0. The fraction of sp³-hybridized carbons (Fsp3) is 0.471. The maximum atomic E-state index is 12.3. The lowest BCUT2D eigenvalue weighted by molar-refractivity contribution is -0.131. The molecule has 1 aliphatic heterocycles. The molecule has 1 saturated heterocycles. The van der Waals surface area contributed by atoms with Crippen LogP contribution in [0.25, 0.3) is 11.0 Å². The van der Waals surface area contributed by atoms with Gasteiger partial charge in [0.1, 0.15) is 5.58 Å². The first-order valence-corrected chi connectivity index (χ1v) is 7.54. The fourth-order valence-electron chi connectivity index (χ4n) is 2.90. The third kappa shape index (κ3) is 2.58. The van der Waals surface area contributed by atoms with Gasteiger partial charge in [0.25, 0.3) is 0 Å². The number of amides is 1. The third-order valence-electron chi connectivity index (χ3n) is 4.18. The predicted molar refractivity (Wildman–Crippen MR) is 79.7 cm³/mol. The zero-order chi connectivity index (χ0) is 13.9. The maximum absolute atomic E-state index is 12.3. The van der Waals surface area contributed by atoms with Gasteiger partial charge in [0.05, 0.1) is 12.7 Å². The Balaban J connectivity index is 1.81. The van der Waals surface area contributed by atoms with Crippen LogP contribution < -0.4 is 0 Å². The van der Waals surface area contributed by atoms with E-state index in [1.165, 1.54) is 12.0 Å². The van der Waals surface area contributed by atoms with Gasteiger partial charge in [-0.2, -0.15) is 0 Å². The van der Waals surface area contributed by atoms with Crippen LogP contribution in [0.15, 0.2) is 28.9 Å². The lowest BCUT2D eigenvalue weighted by atomic mass is 10.0. The number of furan rings is 1. The minimum atomic E-state index is 0.231. The highest BCUT2D eigenvalue weighted by Gasteiger charge is 2.18. The number of hydrogen-bond donors (Lipinski definition) is 0. The average Bonchev–Trinajstić information content (AvgIpc) is 2.90. The molecule has 2 aromatic rings. The number of benzene rings is 1. The van der Waals surface area contributed by atoms with Crippen molar-refractivity contribution in [2.45, 2.75) is 39.0 Å². The molecule has 3 rings (SSSR count). The standard InChI is InChI=1S/C17H21NO2/c1-2-13-6-7-16-15(10-13)14(12-20-16)11-17(19)18-8-4-3-5-9-18/h6-7,10,12H,2-5,8-9,11H2,1H3. The lowest BCUT2D eigenvalue weighted by Crippen LogP contribution is -2.36. The van der Waals surface area contributed by atoms with Crippen molar-refractivity contribution in [2.24, 2.45) is 0 Å². The van der Waals surface area contributed by atoms with Crippen molar-refractivity contribution < 1.29 is 9.21 Å². The maximum Gasteiger partial charge on any atom is 0.227 e. The molecule has 2 heterocycles. The summed E-state index contributed by atoms with van der Waals surface area (Å²) in [6.07, 6.45) is 6.72. The third-order valence-corrected chi connectivity index (χ3v) is 4.18. The first-order valence-electron chi connectivity index (χ1n) is 7.54. The molecule has 106 valence electrons. The summed E-state index contributed by atoms with van der Waals surface area (Å²) in [5.41, 5.74) is 3.18. The van der Waals surface area contributed by atoms with E-state index < -0.39 is 0 Å². The summed E-state index contributed by atoms with van der Waals surface area (Å²) < 4.78 is 5.57. The molecule has 1 aromatic carbocycles. The van der Waals surface area contributed by atoms with Crippen LogP contribution in [0, 0.1) is 0 Å². The quantitative estimate of drug-likeness (QED) is 0.855. The molecule has 3 heteroatoms. The summed E-state index contributed by atoms with van der Waals surface area (Å²) in [6.45, 7) is 3.96. The molecule has 0 bridgehead atoms. The van der Waals surface area contributed by atoms with E-state index in [0.717, 1.165) is 48.9 Å².